The predicted molar refractivity (Wildman–Crippen MR) is 102 cm³/mol. The van der Waals surface area contributed by atoms with Gasteiger partial charge in [-0.3, -0.25) is 9.59 Å². The molecule has 1 aromatic heterocycles. The normalized spacial score (nSPS) is 11.6. The van der Waals surface area contributed by atoms with E-state index in [1.807, 2.05) is 18.2 Å². The van der Waals surface area contributed by atoms with Gasteiger partial charge in [0.2, 0.25) is 0 Å². The van der Waals surface area contributed by atoms with Crippen molar-refractivity contribution in [3.8, 4) is 5.75 Å². The molecule has 6 nitrogen and oxygen atoms in total. The molecule has 3 rings (SSSR count). The molecule has 0 radical (unpaired) electrons. The molecule has 0 saturated carbocycles. The monoisotopic (exact) mass is 434 g/mol. The Morgan fingerprint density at radius 1 is 1.15 bits per heavy atom. The zero-order chi connectivity index (χ0) is 18.7. The van der Waals surface area contributed by atoms with Crippen LogP contribution < -0.4 is 9.54 Å². The van der Waals surface area contributed by atoms with Crippen molar-refractivity contribution in [3.05, 3.63) is 57.3 Å². The van der Waals surface area contributed by atoms with Crippen molar-refractivity contribution >= 4 is 49.4 Å². The number of carbonyl (C=O) groups is 2. The van der Waals surface area contributed by atoms with Crippen LogP contribution >= 0.6 is 27.3 Å². The van der Waals surface area contributed by atoms with E-state index in [1.54, 1.807) is 35.9 Å². The fourth-order valence-corrected chi connectivity index (χ4v) is 3.94. The van der Waals surface area contributed by atoms with Crippen LogP contribution in [0.5, 0.6) is 5.75 Å². The second-order valence-corrected chi connectivity index (χ2v) is 7.23. The fraction of sp³-hybridized carbons (Fsp3) is 0.167. The second-order valence-electron chi connectivity index (χ2n) is 5.30. The van der Waals surface area contributed by atoms with Gasteiger partial charge in [-0.15, -0.1) is 0 Å². The Labute approximate surface area is 161 Å². The molecule has 0 N–H and O–H groups in total. The van der Waals surface area contributed by atoms with Crippen LogP contribution in [0.1, 0.15) is 10.4 Å². The predicted octanol–water partition coefficient (Wildman–Crippen LogP) is 3.39. The van der Waals surface area contributed by atoms with E-state index in [0.717, 1.165) is 14.7 Å². The first-order chi connectivity index (χ1) is 12.5. The molecule has 1 heterocycles. The lowest BCUT2D eigenvalue weighted by Crippen LogP contribution is -2.22. The maximum atomic E-state index is 12.5. The number of carbonyl (C=O) groups excluding carboxylic acids is 2. The SMILES string of the molecule is COC(=O)Cn1c(=NC(=O)c2ccc(OC)cc2)sc2cc(Br)ccc21. The van der Waals surface area contributed by atoms with Gasteiger partial charge in [0.05, 0.1) is 24.4 Å². The van der Waals surface area contributed by atoms with E-state index < -0.39 is 11.9 Å². The molecule has 2 aromatic carbocycles. The molecule has 0 aliphatic rings. The van der Waals surface area contributed by atoms with Gasteiger partial charge in [0.25, 0.3) is 5.91 Å². The molecular formula is C18H15BrN2O4S. The van der Waals surface area contributed by atoms with Crippen molar-refractivity contribution in [1.82, 2.24) is 4.57 Å². The van der Waals surface area contributed by atoms with Gasteiger partial charge < -0.3 is 14.0 Å². The van der Waals surface area contributed by atoms with Crippen molar-refractivity contribution < 1.29 is 19.1 Å². The minimum Gasteiger partial charge on any atom is -0.497 e. The lowest BCUT2D eigenvalue weighted by Gasteiger charge is -2.04. The molecule has 0 spiro atoms. The number of benzene rings is 2. The van der Waals surface area contributed by atoms with Crippen molar-refractivity contribution in [3.63, 3.8) is 0 Å². The summed E-state index contributed by atoms with van der Waals surface area (Å²) in [6.07, 6.45) is 0. The van der Waals surface area contributed by atoms with Crippen LogP contribution in [0, 0.1) is 0 Å². The van der Waals surface area contributed by atoms with Gasteiger partial charge >= 0.3 is 5.97 Å². The largest absolute Gasteiger partial charge is 0.497 e. The van der Waals surface area contributed by atoms with Gasteiger partial charge in [-0.25, -0.2) is 0 Å². The first-order valence-electron chi connectivity index (χ1n) is 7.60. The van der Waals surface area contributed by atoms with E-state index in [0.29, 0.717) is 16.1 Å². The van der Waals surface area contributed by atoms with Crippen LogP contribution in [0.4, 0.5) is 0 Å². The highest BCUT2D eigenvalue weighted by atomic mass is 79.9. The molecule has 0 saturated heterocycles. The lowest BCUT2D eigenvalue weighted by atomic mass is 10.2. The van der Waals surface area contributed by atoms with Crippen LogP contribution in [0.25, 0.3) is 10.2 Å². The van der Waals surface area contributed by atoms with Gasteiger partial charge in [0, 0.05) is 10.0 Å². The van der Waals surface area contributed by atoms with Crippen molar-refractivity contribution in [2.75, 3.05) is 14.2 Å². The minimum absolute atomic E-state index is 0.0210. The number of esters is 1. The minimum atomic E-state index is -0.411. The summed E-state index contributed by atoms with van der Waals surface area (Å²) < 4.78 is 13.3. The summed E-state index contributed by atoms with van der Waals surface area (Å²) in [5, 5.41) is 0. The Morgan fingerprint density at radius 2 is 1.88 bits per heavy atom. The van der Waals surface area contributed by atoms with Crippen LogP contribution in [-0.2, 0) is 16.1 Å². The van der Waals surface area contributed by atoms with Crippen LogP contribution in [0.15, 0.2) is 51.9 Å². The smallest absolute Gasteiger partial charge is 0.325 e. The molecular weight excluding hydrogens is 420 g/mol. The van der Waals surface area contributed by atoms with E-state index >= 15 is 0 Å². The Kier molecular flexibility index (Phi) is 5.53. The number of fused-ring (bicyclic) bond motifs is 1. The Bertz CT molecular complexity index is 1040. The molecule has 0 atom stereocenters. The Balaban J connectivity index is 2.09. The average Bonchev–Trinajstić information content (AvgIpc) is 2.97. The third-order valence-electron chi connectivity index (χ3n) is 3.69. The molecule has 0 fully saturated rings. The molecule has 0 aliphatic heterocycles. The van der Waals surface area contributed by atoms with E-state index in [-0.39, 0.29) is 6.54 Å². The van der Waals surface area contributed by atoms with Crippen molar-refractivity contribution in [2.45, 2.75) is 6.54 Å². The first kappa shape index (κ1) is 18.3. The number of methoxy groups -OCH3 is 2. The molecule has 8 heteroatoms. The molecule has 26 heavy (non-hydrogen) atoms. The standard InChI is InChI=1S/C18H15BrN2O4S/c1-24-13-6-3-11(4-7-13)17(23)20-18-21(10-16(22)25-2)14-8-5-12(19)9-15(14)26-18/h3-9H,10H2,1-2H3. The van der Waals surface area contributed by atoms with Crippen LogP contribution in [-0.4, -0.2) is 30.7 Å². The topological polar surface area (TPSA) is 69.9 Å². The first-order valence-corrected chi connectivity index (χ1v) is 9.21. The van der Waals surface area contributed by atoms with Gasteiger partial charge in [-0.2, -0.15) is 4.99 Å². The molecule has 134 valence electrons. The maximum absolute atomic E-state index is 12.5. The number of nitrogens with zero attached hydrogens (tertiary/aromatic N) is 2. The summed E-state index contributed by atoms with van der Waals surface area (Å²) >= 11 is 4.76. The van der Waals surface area contributed by atoms with Gasteiger partial charge in [0.1, 0.15) is 12.3 Å². The summed E-state index contributed by atoms with van der Waals surface area (Å²) in [5.74, 6) is -0.142. The molecule has 0 bridgehead atoms. The zero-order valence-electron chi connectivity index (χ0n) is 14.1. The van der Waals surface area contributed by atoms with Crippen molar-refractivity contribution in [2.24, 2.45) is 4.99 Å². The average molecular weight is 435 g/mol. The van der Waals surface area contributed by atoms with Gasteiger partial charge in [0.15, 0.2) is 4.80 Å². The molecule has 0 unspecified atom stereocenters. The van der Waals surface area contributed by atoms with Gasteiger partial charge in [-0.05, 0) is 42.5 Å². The number of thiazole rings is 1. The van der Waals surface area contributed by atoms with Crippen LogP contribution in [0.3, 0.4) is 0 Å². The maximum Gasteiger partial charge on any atom is 0.325 e. The van der Waals surface area contributed by atoms with E-state index in [9.17, 15) is 9.59 Å². The number of amides is 1. The van der Waals surface area contributed by atoms with Crippen molar-refractivity contribution in [1.29, 1.82) is 0 Å². The summed E-state index contributed by atoms with van der Waals surface area (Å²) in [6.45, 7) is -0.0210. The van der Waals surface area contributed by atoms with E-state index in [2.05, 4.69) is 20.9 Å². The number of ether oxygens (including phenoxy) is 2. The van der Waals surface area contributed by atoms with Crippen LogP contribution in [0.2, 0.25) is 0 Å². The Morgan fingerprint density at radius 3 is 2.54 bits per heavy atom. The summed E-state index contributed by atoms with van der Waals surface area (Å²) in [6, 6.07) is 12.4. The quantitative estimate of drug-likeness (QED) is 0.590. The lowest BCUT2D eigenvalue weighted by molar-refractivity contribution is -0.141. The number of aromatic nitrogens is 1. The third-order valence-corrected chi connectivity index (χ3v) is 5.23. The third kappa shape index (κ3) is 3.86. The molecule has 3 aromatic rings. The summed E-state index contributed by atoms with van der Waals surface area (Å²) in [4.78, 5) is 29.0. The Hall–Kier alpha value is -2.45. The number of hydrogen-bond acceptors (Lipinski definition) is 5. The highest BCUT2D eigenvalue weighted by Crippen LogP contribution is 2.22. The number of halogens is 1. The molecule has 1 amide bonds. The number of rotatable bonds is 4. The summed E-state index contributed by atoms with van der Waals surface area (Å²) in [5.41, 5.74) is 1.25. The number of hydrogen-bond donors (Lipinski definition) is 0. The fourth-order valence-electron chi connectivity index (χ4n) is 2.36. The highest BCUT2D eigenvalue weighted by Gasteiger charge is 2.13. The summed E-state index contributed by atoms with van der Waals surface area (Å²) in [7, 11) is 2.89. The van der Waals surface area contributed by atoms with E-state index in [1.165, 1.54) is 18.4 Å². The van der Waals surface area contributed by atoms with E-state index in [4.69, 9.17) is 9.47 Å². The second kappa shape index (κ2) is 7.84. The zero-order valence-corrected chi connectivity index (χ0v) is 16.5. The highest BCUT2D eigenvalue weighted by molar-refractivity contribution is 9.10. The molecule has 0 aliphatic carbocycles. The van der Waals surface area contributed by atoms with Gasteiger partial charge in [-0.1, -0.05) is 27.3 Å².